The lowest BCUT2D eigenvalue weighted by Crippen LogP contribution is -2.35. The molecule has 0 saturated heterocycles. The molecule has 102 valence electrons. The molecule has 1 heterocycles. The molecule has 0 aliphatic heterocycles. The van der Waals surface area contributed by atoms with E-state index < -0.39 is 0 Å². The van der Waals surface area contributed by atoms with Crippen molar-refractivity contribution in [2.45, 2.75) is 46.2 Å². The van der Waals surface area contributed by atoms with Crippen molar-refractivity contribution in [3.05, 3.63) is 22.4 Å². The molecule has 1 rings (SSSR count). The van der Waals surface area contributed by atoms with Crippen LogP contribution in [-0.4, -0.2) is 18.6 Å². The second kappa shape index (κ2) is 7.54. The fraction of sp³-hybridized carbons (Fsp3) is 0.643. The Morgan fingerprint density at radius 3 is 2.67 bits per heavy atom. The molecule has 2 atom stereocenters. The van der Waals surface area contributed by atoms with Crippen molar-refractivity contribution in [2.24, 2.45) is 5.92 Å². The first-order valence-electron chi connectivity index (χ1n) is 6.49. The summed E-state index contributed by atoms with van der Waals surface area (Å²) in [6.45, 7) is 8.69. The number of rotatable bonds is 7. The maximum atomic E-state index is 11.4. The van der Waals surface area contributed by atoms with Gasteiger partial charge >= 0.3 is 5.97 Å². The van der Waals surface area contributed by atoms with Gasteiger partial charge in [0.05, 0.1) is 13.0 Å². The molecule has 0 spiro atoms. The normalized spacial score (nSPS) is 14.5. The van der Waals surface area contributed by atoms with Crippen LogP contribution in [0.4, 0.5) is 0 Å². The van der Waals surface area contributed by atoms with Crippen LogP contribution in [0, 0.1) is 5.92 Å². The van der Waals surface area contributed by atoms with E-state index in [-0.39, 0.29) is 12.0 Å². The molecule has 0 saturated carbocycles. The predicted molar refractivity (Wildman–Crippen MR) is 75.7 cm³/mol. The third kappa shape index (κ3) is 4.78. The number of esters is 1. The molecular weight excluding hydrogens is 246 g/mol. The average molecular weight is 269 g/mol. The van der Waals surface area contributed by atoms with E-state index >= 15 is 0 Å². The first-order chi connectivity index (χ1) is 8.54. The largest absolute Gasteiger partial charge is 0.466 e. The molecular formula is C14H23NO2S. The zero-order valence-electron chi connectivity index (χ0n) is 11.6. The summed E-state index contributed by atoms with van der Waals surface area (Å²) in [7, 11) is 0. The third-order valence-corrected chi connectivity index (χ3v) is 3.71. The van der Waals surface area contributed by atoms with Gasteiger partial charge in [0, 0.05) is 17.0 Å². The van der Waals surface area contributed by atoms with Crippen LogP contribution < -0.4 is 5.32 Å². The van der Waals surface area contributed by atoms with Crippen molar-refractivity contribution >= 4 is 17.3 Å². The van der Waals surface area contributed by atoms with E-state index in [0.717, 1.165) is 0 Å². The summed E-state index contributed by atoms with van der Waals surface area (Å²) in [6.07, 6.45) is 0.419. The highest BCUT2D eigenvalue weighted by atomic mass is 32.1. The maximum Gasteiger partial charge on any atom is 0.307 e. The zero-order chi connectivity index (χ0) is 13.5. The van der Waals surface area contributed by atoms with Gasteiger partial charge in [-0.15, -0.1) is 11.3 Å². The molecule has 0 bridgehead atoms. The van der Waals surface area contributed by atoms with E-state index in [0.29, 0.717) is 25.0 Å². The Morgan fingerprint density at radius 2 is 2.17 bits per heavy atom. The Kier molecular flexibility index (Phi) is 6.36. The Bertz CT molecular complexity index is 349. The van der Waals surface area contributed by atoms with Gasteiger partial charge < -0.3 is 10.1 Å². The average Bonchev–Trinajstić information content (AvgIpc) is 2.78. The summed E-state index contributed by atoms with van der Waals surface area (Å²) in [5.41, 5.74) is 0. The first-order valence-corrected chi connectivity index (χ1v) is 7.37. The van der Waals surface area contributed by atoms with Crippen LogP contribution in [0.1, 0.15) is 45.0 Å². The minimum atomic E-state index is -0.133. The number of hydrogen-bond donors (Lipinski definition) is 1. The first kappa shape index (κ1) is 15.2. The minimum absolute atomic E-state index is 0.124. The summed E-state index contributed by atoms with van der Waals surface area (Å²) < 4.78 is 4.97. The maximum absolute atomic E-state index is 11.4. The van der Waals surface area contributed by atoms with Crippen molar-refractivity contribution in [1.82, 2.24) is 5.32 Å². The third-order valence-electron chi connectivity index (χ3n) is 2.76. The summed E-state index contributed by atoms with van der Waals surface area (Å²) in [5.74, 6) is 0.361. The van der Waals surface area contributed by atoms with Gasteiger partial charge in [-0.05, 0) is 31.2 Å². The molecule has 0 aliphatic rings. The fourth-order valence-corrected chi connectivity index (χ4v) is 2.86. The molecule has 0 radical (unpaired) electrons. The van der Waals surface area contributed by atoms with Gasteiger partial charge in [0.2, 0.25) is 0 Å². The lowest BCUT2D eigenvalue weighted by molar-refractivity contribution is -0.143. The van der Waals surface area contributed by atoms with E-state index in [4.69, 9.17) is 4.74 Å². The summed E-state index contributed by atoms with van der Waals surface area (Å²) >= 11 is 1.75. The van der Waals surface area contributed by atoms with Crippen molar-refractivity contribution in [3.63, 3.8) is 0 Å². The van der Waals surface area contributed by atoms with Gasteiger partial charge in [-0.1, -0.05) is 19.9 Å². The van der Waals surface area contributed by atoms with Gasteiger partial charge in [0.25, 0.3) is 0 Å². The molecule has 0 amide bonds. The fourth-order valence-electron chi connectivity index (χ4n) is 1.91. The zero-order valence-corrected chi connectivity index (χ0v) is 12.4. The molecule has 1 N–H and O–H groups in total. The molecule has 0 fully saturated rings. The van der Waals surface area contributed by atoms with Crippen LogP contribution in [0.15, 0.2) is 17.5 Å². The molecule has 0 aliphatic carbocycles. The molecule has 1 aromatic rings. The van der Waals surface area contributed by atoms with Crippen LogP contribution in [0.3, 0.4) is 0 Å². The molecule has 2 unspecified atom stereocenters. The van der Waals surface area contributed by atoms with Gasteiger partial charge in [-0.25, -0.2) is 0 Å². The lowest BCUT2D eigenvalue weighted by atomic mass is 10.0. The number of carbonyl (C=O) groups excluding carboxylic acids is 1. The highest BCUT2D eigenvalue weighted by molar-refractivity contribution is 7.10. The van der Waals surface area contributed by atoms with Crippen LogP contribution in [0.25, 0.3) is 0 Å². The van der Waals surface area contributed by atoms with E-state index in [2.05, 4.69) is 36.7 Å². The Morgan fingerprint density at radius 1 is 1.44 bits per heavy atom. The standard InChI is InChI=1S/C14H23NO2S/c1-5-17-13(16)9-11(4)15-14(10(2)3)12-7-6-8-18-12/h6-8,10-11,14-15H,5,9H2,1-4H3. The van der Waals surface area contributed by atoms with Gasteiger partial charge in [-0.2, -0.15) is 0 Å². The van der Waals surface area contributed by atoms with Crippen molar-refractivity contribution < 1.29 is 9.53 Å². The van der Waals surface area contributed by atoms with Gasteiger partial charge in [0.15, 0.2) is 0 Å². The number of thiophene rings is 1. The molecule has 4 heteroatoms. The Hall–Kier alpha value is -0.870. The lowest BCUT2D eigenvalue weighted by Gasteiger charge is -2.25. The number of hydrogen-bond acceptors (Lipinski definition) is 4. The Balaban J connectivity index is 2.54. The number of ether oxygens (including phenoxy) is 1. The number of carbonyl (C=O) groups is 1. The van der Waals surface area contributed by atoms with Crippen LogP contribution in [0.2, 0.25) is 0 Å². The van der Waals surface area contributed by atoms with Gasteiger partial charge in [-0.3, -0.25) is 4.79 Å². The van der Waals surface area contributed by atoms with E-state index in [1.807, 2.05) is 13.8 Å². The minimum Gasteiger partial charge on any atom is -0.466 e. The smallest absolute Gasteiger partial charge is 0.307 e. The van der Waals surface area contributed by atoms with Crippen molar-refractivity contribution in [1.29, 1.82) is 0 Å². The van der Waals surface area contributed by atoms with Crippen LogP contribution in [-0.2, 0) is 9.53 Å². The van der Waals surface area contributed by atoms with Crippen LogP contribution in [0.5, 0.6) is 0 Å². The predicted octanol–water partition coefficient (Wildman–Crippen LogP) is 3.38. The summed E-state index contributed by atoms with van der Waals surface area (Å²) in [6, 6.07) is 4.62. The van der Waals surface area contributed by atoms with E-state index in [9.17, 15) is 4.79 Å². The molecule has 1 aromatic heterocycles. The molecule has 0 aromatic carbocycles. The SMILES string of the molecule is CCOC(=O)CC(C)NC(c1cccs1)C(C)C. The topological polar surface area (TPSA) is 38.3 Å². The van der Waals surface area contributed by atoms with Crippen LogP contribution >= 0.6 is 11.3 Å². The summed E-state index contributed by atoms with van der Waals surface area (Å²) in [5, 5.41) is 5.60. The molecule has 3 nitrogen and oxygen atoms in total. The van der Waals surface area contributed by atoms with Crippen molar-refractivity contribution in [2.75, 3.05) is 6.61 Å². The Labute approximate surface area is 114 Å². The monoisotopic (exact) mass is 269 g/mol. The van der Waals surface area contributed by atoms with Crippen molar-refractivity contribution in [3.8, 4) is 0 Å². The van der Waals surface area contributed by atoms with E-state index in [1.165, 1.54) is 4.88 Å². The van der Waals surface area contributed by atoms with Gasteiger partial charge in [0.1, 0.15) is 0 Å². The number of nitrogens with one attached hydrogen (secondary N) is 1. The second-order valence-corrected chi connectivity index (χ2v) is 5.79. The second-order valence-electron chi connectivity index (χ2n) is 4.81. The van der Waals surface area contributed by atoms with E-state index in [1.54, 1.807) is 11.3 Å². The highest BCUT2D eigenvalue weighted by Gasteiger charge is 2.20. The quantitative estimate of drug-likeness (QED) is 0.771. The highest BCUT2D eigenvalue weighted by Crippen LogP contribution is 2.26. The molecule has 18 heavy (non-hydrogen) atoms. The summed E-state index contributed by atoms with van der Waals surface area (Å²) in [4.78, 5) is 12.8.